The number of rotatable bonds is 2. The van der Waals surface area contributed by atoms with E-state index in [4.69, 9.17) is 23.2 Å². The lowest BCUT2D eigenvalue weighted by atomic mass is 9.98. The number of halogens is 5. The summed E-state index contributed by atoms with van der Waals surface area (Å²) >= 11 is 12.5. The van der Waals surface area contributed by atoms with Gasteiger partial charge in [-0.2, -0.15) is 17.9 Å². The maximum absolute atomic E-state index is 13.1. The van der Waals surface area contributed by atoms with E-state index >= 15 is 0 Å². The summed E-state index contributed by atoms with van der Waals surface area (Å²) in [7, 11) is 0. The number of nitrogens with zero attached hydrogens (tertiary/aromatic N) is 2. The Balaban J connectivity index is 2.02. The molecule has 0 aliphatic heterocycles. The molecule has 2 heterocycles. The third-order valence-electron chi connectivity index (χ3n) is 4.51. The summed E-state index contributed by atoms with van der Waals surface area (Å²) in [4.78, 5) is 4.30. The van der Waals surface area contributed by atoms with Gasteiger partial charge in [0, 0.05) is 17.6 Å². The first-order valence-corrected chi connectivity index (χ1v) is 9.16. The zero-order chi connectivity index (χ0) is 20.8. The van der Waals surface area contributed by atoms with Crippen molar-refractivity contribution in [3.05, 3.63) is 87.8 Å². The minimum Gasteiger partial charge on any atom is -0.618 e. The minimum absolute atomic E-state index is 0.131. The normalized spacial score (nSPS) is 11.8. The average molecular weight is 435 g/mol. The molecule has 0 saturated heterocycles. The molecule has 8 heteroatoms. The molecule has 4 rings (SSSR count). The van der Waals surface area contributed by atoms with Crippen molar-refractivity contribution in [3.8, 4) is 22.4 Å². The molecule has 0 atom stereocenters. The summed E-state index contributed by atoms with van der Waals surface area (Å²) in [5.41, 5.74) is 0.826. The highest BCUT2D eigenvalue weighted by atomic mass is 35.5. The number of pyridine rings is 2. The Morgan fingerprint density at radius 3 is 2.31 bits per heavy atom. The van der Waals surface area contributed by atoms with Crippen LogP contribution < -0.4 is 4.73 Å². The summed E-state index contributed by atoms with van der Waals surface area (Å²) in [6, 6.07) is 12.9. The fraction of sp³-hybridized carbons (Fsp3) is 0.0476. The zero-order valence-electron chi connectivity index (χ0n) is 14.5. The van der Waals surface area contributed by atoms with Crippen molar-refractivity contribution >= 4 is 34.1 Å². The molecule has 4 aromatic rings. The van der Waals surface area contributed by atoms with E-state index in [2.05, 4.69) is 4.98 Å². The molecule has 2 aromatic heterocycles. The van der Waals surface area contributed by atoms with E-state index in [1.54, 1.807) is 30.3 Å². The van der Waals surface area contributed by atoms with Gasteiger partial charge in [-0.3, -0.25) is 0 Å². The lowest BCUT2D eigenvalue weighted by Gasteiger charge is -2.13. The maximum Gasteiger partial charge on any atom is 0.416 e. The van der Waals surface area contributed by atoms with Crippen molar-refractivity contribution in [2.45, 2.75) is 6.18 Å². The second kappa shape index (κ2) is 7.21. The molecule has 0 aliphatic rings. The Morgan fingerprint density at radius 1 is 0.931 bits per heavy atom. The molecular weight excluding hydrogens is 424 g/mol. The molecule has 146 valence electrons. The predicted octanol–water partition coefficient (Wildman–Crippen LogP) is 6.53. The molecule has 2 aromatic carbocycles. The molecule has 0 radical (unpaired) electrons. The Hall–Kier alpha value is -2.83. The molecule has 0 unspecified atom stereocenters. The third kappa shape index (κ3) is 3.50. The fourth-order valence-electron chi connectivity index (χ4n) is 3.22. The molecule has 0 amide bonds. The van der Waals surface area contributed by atoms with Gasteiger partial charge in [0.05, 0.1) is 21.2 Å². The largest absolute Gasteiger partial charge is 0.618 e. The van der Waals surface area contributed by atoms with Crippen molar-refractivity contribution in [2.24, 2.45) is 0 Å². The maximum atomic E-state index is 13.1. The van der Waals surface area contributed by atoms with Gasteiger partial charge in [-0.25, -0.2) is 4.98 Å². The number of fused-ring (bicyclic) bond motifs is 1. The van der Waals surface area contributed by atoms with Crippen LogP contribution in [0.15, 0.2) is 67.0 Å². The van der Waals surface area contributed by atoms with Crippen molar-refractivity contribution in [1.29, 1.82) is 0 Å². The first-order valence-electron chi connectivity index (χ1n) is 8.40. The predicted molar refractivity (Wildman–Crippen MR) is 107 cm³/mol. The van der Waals surface area contributed by atoms with Crippen molar-refractivity contribution in [3.63, 3.8) is 0 Å². The van der Waals surface area contributed by atoms with Crippen molar-refractivity contribution in [1.82, 2.24) is 4.98 Å². The van der Waals surface area contributed by atoms with E-state index in [1.165, 1.54) is 24.5 Å². The van der Waals surface area contributed by atoms with Crippen LogP contribution in [-0.4, -0.2) is 4.98 Å². The first-order chi connectivity index (χ1) is 13.8. The summed E-state index contributed by atoms with van der Waals surface area (Å²) < 4.78 is 40.0. The van der Waals surface area contributed by atoms with Crippen LogP contribution >= 0.6 is 23.2 Å². The molecule has 0 spiro atoms. The molecule has 0 aliphatic carbocycles. The van der Waals surface area contributed by atoms with Crippen LogP contribution in [0, 0.1) is 5.21 Å². The van der Waals surface area contributed by atoms with Gasteiger partial charge in [-0.1, -0.05) is 41.4 Å². The van der Waals surface area contributed by atoms with Crippen LogP contribution in [0.25, 0.3) is 33.3 Å². The quantitative estimate of drug-likeness (QED) is 0.265. The molecule has 29 heavy (non-hydrogen) atoms. The van der Waals surface area contributed by atoms with Crippen LogP contribution in [0.5, 0.6) is 0 Å². The van der Waals surface area contributed by atoms with E-state index in [9.17, 15) is 18.4 Å². The van der Waals surface area contributed by atoms with Crippen molar-refractivity contribution in [2.75, 3.05) is 0 Å². The lowest BCUT2D eigenvalue weighted by molar-refractivity contribution is -0.592. The Bertz CT molecular complexity index is 1220. The highest BCUT2D eigenvalue weighted by Crippen LogP contribution is 2.38. The van der Waals surface area contributed by atoms with E-state index < -0.39 is 11.7 Å². The molecule has 3 nitrogen and oxygen atoms in total. The number of hydrogen-bond acceptors (Lipinski definition) is 2. The van der Waals surface area contributed by atoms with E-state index in [0.717, 1.165) is 12.1 Å². The first kappa shape index (κ1) is 19.5. The third-order valence-corrected chi connectivity index (χ3v) is 5.14. The molecular formula is C21H11Cl2F3N2O. The molecule has 0 bridgehead atoms. The Morgan fingerprint density at radius 2 is 1.62 bits per heavy atom. The van der Waals surface area contributed by atoms with Crippen LogP contribution in [0.3, 0.4) is 0 Å². The smallest absolute Gasteiger partial charge is 0.416 e. The molecule has 0 saturated carbocycles. The standard InChI is InChI=1S/C21H11Cl2F3N2O/c22-16-5-2-6-17(23)18(16)20-19-15(8-10-28(20)29)14(7-9-27-19)12-3-1-4-13(11-12)21(24,25)26/h1-11H. The number of alkyl halides is 3. The highest BCUT2D eigenvalue weighted by Gasteiger charge is 2.30. The van der Waals surface area contributed by atoms with Crippen LogP contribution in [-0.2, 0) is 6.18 Å². The van der Waals surface area contributed by atoms with Gasteiger partial charge < -0.3 is 5.21 Å². The Kier molecular flexibility index (Phi) is 4.84. The van der Waals surface area contributed by atoms with Gasteiger partial charge >= 0.3 is 6.18 Å². The number of hydrogen-bond donors (Lipinski definition) is 0. The second-order valence-electron chi connectivity index (χ2n) is 6.29. The van der Waals surface area contributed by atoms with Gasteiger partial charge in [-0.15, -0.1) is 0 Å². The van der Waals surface area contributed by atoms with Gasteiger partial charge in [0.1, 0.15) is 5.52 Å². The monoisotopic (exact) mass is 434 g/mol. The minimum atomic E-state index is -4.47. The molecule has 0 N–H and O–H groups in total. The van der Waals surface area contributed by atoms with Crippen molar-refractivity contribution < 1.29 is 17.9 Å². The van der Waals surface area contributed by atoms with Gasteiger partial charge in [0.15, 0.2) is 6.20 Å². The highest BCUT2D eigenvalue weighted by molar-refractivity contribution is 6.39. The fourth-order valence-corrected chi connectivity index (χ4v) is 3.80. The summed E-state index contributed by atoms with van der Waals surface area (Å²) in [6.45, 7) is 0. The zero-order valence-corrected chi connectivity index (χ0v) is 16.1. The topological polar surface area (TPSA) is 39.8 Å². The van der Waals surface area contributed by atoms with Crippen LogP contribution in [0.2, 0.25) is 10.0 Å². The van der Waals surface area contributed by atoms with E-state index in [0.29, 0.717) is 26.8 Å². The van der Waals surface area contributed by atoms with Gasteiger partial charge in [0.25, 0.3) is 5.69 Å². The van der Waals surface area contributed by atoms with E-state index in [-0.39, 0.29) is 21.3 Å². The number of aromatic nitrogens is 2. The SMILES string of the molecule is [O-][n+]1ccc2c(-c3cccc(C(F)(F)F)c3)ccnc2c1-c1c(Cl)cccc1Cl. The summed E-state index contributed by atoms with van der Waals surface area (Å²) in [6.07, 6.45) is -1.77. The van der Waals surface area contributed by atoms with E-state index in [1.807, 2.05) is 0 Å². The molecule has 0 fully saturated rings. The average Bonchev–Trinajstić information content (AvgIpc) is 2.68. The second-order valence-corrected chi connectivity index (χ2v) is 7.10. The summed E-state index contributed by atoms with van der Waals surface area (Å²) in [5.74, 6) is 0. The number of benzene rings is 2. The van der Waals surface area contributed by atoms with Crippen LogP contribution in [0.4, 0.5) is 13.2 Å². The van der Waals surface area contributed by atoms with Gasteiger partial charge in [0.2, 0.25) is 0 Å². The van der Waals surface area contributed by atoms with Crippen LogP contribution in [0.1, 0.15) is 5.56 Å². The summed E-state index contributed by atoms with van der Waals surface area (Å²) in [5, 5.41) is 13.6. The Labute approximate surface area is 173 Å². The van der Waals surface area contributed by atoms with Gasteiger partial charge in [-0.05, 0) is 41.5 Å². The lowest BCUT2D eigenvalue weighted by Crippen LogP contribution is -2.29.